The van der Waals surface area contributed by atoms with Crippen LogP contribution in [0, 0.1) is 0 Å². The van der Waals surface area contributed by atoms with Crippen molar-refractivity contribution in [1.82, 2.24) is 15.2 Å². The number of thioether (sulfide) groups is 1. The molecule has 5 rings (SSSR count). The second-order valence-corrected chi connectivity index (χ2v) is 9.76. The summed E-state index contributed by atoms with van der Waals surface area (Å²) in [6, 6.07) is 21.8. The standard InChI is InChI=1S/C26H23BrN4O3S/c1-3-35-26-29-25-22(30-31-26)18-11-7-8-12-20(18)28-24(34-25)17-13-19(27)23(21(14-17)32-2)33-15-16-9-5-4-6-10-16/h4-14,24,28H,3,15H2,1-2H3/t24-/m0/s1. The number of anilines is 1. The number of hydrogen-bond acceptors (Lipinski definition) is 8. The summed E-state index contributed by atoms with van der Waals surface area (Å²) in [5, 5.41) is 12.8. The highest BCUT2D eigenvalue weighted by molar-refractivity contribution is 9.10. The van der Waals surface area contributed by atoms with Crippen molar-refractivity contribution in [3.8, 4) is 28.6 Å². The van der Waals surface area contributed by atoms with Gasteiger partial charge >= 0.3 is 0 Å². The normalized spacial score (nSPS) is 14.1. The summed E-state index contributed by atoms with van der Waals surface area (Å²) >= 11 is 5.18. The molecule has 35 heavy (non-hydrogen) atoms. The van der Waals surface area contributed by atoms with Crippen LogP contribution in [0.3, 0.4) is 0 Å². The molecule has 0 fully saturated rings. The van der Waals surface area contributed by atoms with E-state index in [2.05, 4.69) is 36.4 Å². The van der Waals surface area contributed by atoms with Crippen LogP contribution in [0.4, 0.5) is 5.69 Å². The van der Waals surface area contributed by atoms with E-state index >= 15 is 0 Å². The minimum atomic E-state index is -0.540. The largest absolute Gasteiger partial charge is 0.493 e. The van der Waals surface area contributed by atoms with Crippen molar-refractivity contribution in [3.05, 3.63) is 82.3 Å². The van der Waals surface area contributed by atoms with Gasteiger partial charge in [-0.2, -0.15) is 4.98 Å². The minimum absolute atomic E-state index is 0.425. The van der Waals surface area contributed by atoms with Gasteiger partial charge in [0.2, 0.25) is 11.0 Å². The summed E-state index contributed by atoms with van der Waals surface area (Å²) in [5.74, 6) is 2.49. The molecule has 0 aliphatic carbocycles. The molecule has 1 aliphatic heterocycles. The number of rotatable bonds is 7. The molecule has 1 N–H and O–H groups in total. The van der Waals surface area contributed by atoms with Crippen LogP contribution in [0.2, 0.25) is 0 Å². The lowest BCUT2D eigenvalue weighted by atomic mass is 10.1. The van der Waals surface area contributed by atoms with E-state index in [1.807, 2.05) is 73.7 Å². The number of para-hydroxylation sites is 1. The average molecular weight is 551 g/mol. The molecule has 3 aromatic carbocycles. The Bertz CT molecular complexity index is 1340. The summed E-state index contributed by atoms with van der Waals surface area (Å²) < 4.78 is 18.9. The smallest absolute Gasteiger partial charge is 0.247 e. The number of methoxy groups -OCH3 is 1. The maximum atomic E-state index is 6.38. The summed E-state index contributed by atoms with van der Waals surface area (Å²) in [4.78, 5) is 4.64. The van der Waals surface area contributed by atoms with E-state index in [0.717, 1.165) is 32.6 Å². The van der Waals surface area contributed by atoms with Crippen LogP contribution in [-0.2, 0) is 6.61 Å². The molecular weight excluding hydrogens is 528 g/mol. The molecule has 7 nitrogen and oxygen atoms in total. The molecule has 0 unspecified atom stereocenters. The molecule has 0 spiro atoms. The number of fused-ring (bicyclic) bond motifs is 3. The molecule has 4 aromatic rings. The Kier molecular flexibility index (Phi) is 7.06. The van der Waals surface area contributed by atoms with E-state index in [9.17, 15) is 0 Å². The Balaban J connectivity index is 1.50. The highest BCUT2D eigenvalue weighted by Crippen LogP contribution is 2.43. The van der Waals surface area contributed by atoms with Crippen LogP contribution >= 0.6 is 27.7 Å². The maximum Gasteiger partial charge on any atom is 0.247 e. The number of ether oxygens (including phenoxy) is 3. The molecule has 1 aliphatic rings. The van der Waals surface area contributed by atoms with Gasteiger partial charge in [-0.05, 0) is 45.4 Å². The molecular formula is C26H23BrN4O3S. The molecule has 0 saturated heterocycles. The van der Waals surface area contributed by atoms with E-state index in [1.54, 1.807) is 7.11 Å². The lowest BCUT2D eigenvalue weighted by Gasteiger charge is -2.21. The highest BCUT2D eigenvalue weighted by atomic mass is 79.9. The van der Waals surface area contributed by atoms with Crippen LogP contribution in [0.5, 0.6) is 17.4 Å². The molecule has 0 bridgehead atoms. The topological polar surface area (TPSA) is 78.4 Å². The number of halogens is 1. The molecule has 0 saturated carbocycles. The fourth-order valence-corrected chi connectivity index (χ4v) is 4.83. The zero-order chi connectivity index (χ0) is 24.2. The second kappa shape index (κ2) is 10.5. The number of aromatic nitrogens is 3. The fraction of sp³-hybridized carbons (Fsp3) is 0.192. The van der Waals surface area contributed by atoms with Gasteiger partial charge in [0.05, 0.1) is 11.6 Å². The fourth-order valence-electron chi connectivity index (χ4n) is 3.75. The first-order valence-electron chi connectivity index (χ1n) is 11.1. The van der Waals surface area contributed by atoms with E-state index < -0.39 is 6.23 Å². The van der Waals surface area contributed by atoms with Gasteiger partial charge in [-0.1, -0.05) is 67.2 Å². The minimum Gasteiger partial charge on any atom is -0.493 e. The Labute approximate surface area is 216 Å². The third-order valence-corrected chi connectivity index (χ3v) is 6.70. The monoisotopic (exact) mass is 550 g/mol. The predicted molar refractivity (Wildman–Crippen MR) is 140 cm³/mol. The van der Waals surface area contributed by atoms with Crippen LogP contribution in [-0.4, -0.2) is 28.0 Å². The summed E-state index contributed by atoms with van der Waals surface area (Å²) in [6.45, 7) is 2.47. The van der Waals surface area contributed by atoms with Crippen molar-refractivity contribution in [3.63, 3.8) is 0 Å². The van der Waals surface area contributed by atoms with Crippen molar-refractivity contribution < 1.29 is 14.2 Å². The maximum absolute atomic E-state index is 6.38. The second-order valence-electron chi connectivity index (χ2n) is 7.68. The number of nitrogens with zero attached hydrogens (tertiary/aromatic N) is 3. The molecule has 1 atom stereocenters. The van der Waals surface area contributed by atoms with E-state index in [1.165, 1.54) is 11.8 Å². The van der Waals surface area contributed by atoms with Gasteiger partial charge in [0.1, 0.15) is 6.61 Å². The van der Waals surface area contributed by atoms with Gasteiger partial charge in [0, 0.05) is 16.8 Å². The average Bonchev–Trinajstić information content (AvgIpc) is 3.05. The van der Waals surface area contributed by atoms with E-state index in [4.69, 9.17) is 14.2 Å². The first-order chi connectivity index (χ1) is 17.2. The third-order valence-electron chi connectivity index (χ3n) is 5.39. The summed E-state index contributed by atoms with van der Waals surface area (Å²) in [7, 11) is 1.62. The predicted octanol–water partition coefficient (Wildman–Crippen LogP) is 6.50. The molecule has 178 valence electrons. The number of hydrogen-bond donors (Lipinski definition) is 1. The van der Waals surface area contributed by atoms with Crippen LogP contribution in [0.25, 0.3) is 11.3 Å². The Morgan fingerprint density at radius 2 is 1.86 bits per heavy atom. The van der Waals surface area contributed by atoms with Gasteiger partial charge < -0.3 is 19.5 Å². The SMILES string of the molecule is CCSc1nnc2c(n1)O[C@@H](c1cc(Br)c(OCc3ccccc3)c(OC)c1)Nc1ccccc1-2. The molecule has 2 heterocycles. The molecule has 9 heteroatoms. The summed E-state index contributed by atoms with van der Waals surface area (Å²) in [6.07, 6.45) is -0.540. The Morgan fingerprint density at radius 3 is 2.66 bits per heavy atom. The van der Waals surface area contributed by atoms with Crippen molar-refractivity contribution in [2.45, 2.75) is 24.9 Å². The zero-order valence-corrected chi connectivity index (χ0v) is 21.6. The molecule has 0 radical (unpaired) electrons. The van der Waals surface area contributed by atoms with Crippen molar-refractivity contribution in [1.29, 1.82) is 0 Å². The first kappa shape index (κ1) is 23.4. The van der Waals surface area contributed by atoms with Gasteiger partial charge in [0.15, 0.2) is 23.4 Å². The molecule has 1 aromatic heterocycles. The lowest BCUT2D eigenvalue weighted by Crippen LogP contribution is -2.17. The van der Waals surface area contributed by atoms with Crippen molar-refractivity contribution in [2.24, 2.45) is 0 Å². The van der Waals surface area contributed by atoms with Gasteiger partial charge in [-0.25, -0.2) is 0 Å². The van der Waals surface area contributed by atoms with Crippen LogP contribution in [0.15, 0.2) is 76.4 Å². The number of benzene rings is 3. The quantitative estimate of drug-likeness (QED) is 0.261. The van der Waals surface area contributed by atoms with E-state index in [-0.39, 0.29) is 0 Å². The first-order valence-corrected chi connectivity index (χ1v) is 12.9. The third kappa shape index (κ3) is 5.06. The van der Waals surface area contributed by atoms with Crippen molar-refractivity contribution >= 4 is 33.4 Å². The van der Waals surface area contributed by atoms with Gasteiger partial charge in [-0.15, -0.1) is 10.2 Å². The van der Waals surface area contributed by atoms with Crippen LogP contribution in [0.1, 0.15) is 24.3 Å². The Hall–Kier alpha value is -3.30. The van der Waals surface area contributed by atoms with E-state index in [0.29, 0.717) is 34.8 Å². The zero-order valence-electron chi connectivity index (χ0n) is 19.2. The van der Waals surface area contributed by atoms with Gasteiger partial charge in [-0.3, -0.25) is 0 Å². The van der Waals surface area contributed by atoms with Gasteiger partial charge in [0.25, 0.3) is 0 Å². The van der Waals surface area contributed by atoms with Crippen molar-refractivity contribution in [2.75, 3.05) is 18.2 Å². The highest BCUT2D eigenvalue weighted by Gasteiger charge is 2.27. The number of nitrogens with one attached hydrogen (secondary N) is 1. The Morgan fingerprint density at radius 1 is 1.06 bits per heavy atom. The lowest BCUT2D eigenvalue weighted by molar-refractivity contribution is 0.223. The summed E-state index contributed by atoms with van der Waals surface area (Å²) in [5.41, 5.74) is 4.27. The molecule has 0 amide bonds. The van der Waals surface area contributed by atoms with Crippen LogP contribution < -0.4 is 19.5 Å².